The third-order valence-electron chi connectivity index (χ3n) is 1.37. The summed E-state index contributed by atoms with van der Waals surface area (Å²) in [6, 6.07) is 0. The molecule has 0 rings (SSSR count). The van der Waals surface area contributed by atoms with Crippen LogP contribution in [0.5, 0.6) is 0 Å². The van der Waals surface area contributed by atoms with Crippen LogP contribution in [0.2, 0.25) is 0 Å². The topological polar surface area (TPSA) is 43.4 Å². The van der Waals surface area contributed by atoms with Crippen LogP contribution in [0.3, 0.4) is 0 Å². The van der Waals surface area contributed by atoms with Gasteiger partial charge >= 0.3 is 5.97 Å². The van der Waals surface area contributed by atoms with Gasteiger partial charge in [-0.15, -0.1) is 0 Å². The summed E-state index contributed by atoms with van der Waals surface area (Å²) in [6.45, 7) is 7.25. The molecule has 0 spiro atoms. The minimum atomic E-state index is -0.473. The Morgan fingerprint density at radius 2 is 1.92 bits per heavy atom. The van der Waals surface area contributed by atoms with Crippen molar-refractivity contribution in [2.45, 2.75) is 26.7 Å². The lowest BCUT2D eigenvalue weighted by Crippen LogP contribution is -2.10. The second kappa shape index (κ2) is 5.52. The number of carbonyl (C=O) groups excluding carboxylic acids is 2. The normalized spacial score (nSPS) is 9.17. The first kappa shape index (κ1) is 10.9. The number of hydrogen-bond acceptors (Lipinski definition) is 3. The molecule has 0 atom stereocenters. The Hall–Kier alpha value is -1.12. The summed E-state index contributed by atoms with van der Waals surface area (Å²) in [7, 11) is 0. The maximum atomic E-state index is 10.9. The van der Waals surface area contributed by atoms with E-state index in [1.54, 1.807) is 13.8 Å². The largest absolute Gasteiger partial charge is 0.463 e. The third-order valence-corrected chi connectivity index (χ3v) is 1.37. The SMILES string of the molecule is C=C(CC(=O)CC)C(=O)OCC. The molecule has 0 bridgehead atoms. The van der Waals surface area contributed by atoms with E-state index in [0.717, 1.165) is 0 Å². The van der Waals surface area contributed by atoms with Gasteiger partial charge < -0.3 is 4.74 Å². The summed E-state index contributed by atoms with van der Waals surface area (Å²) in [6.07, 6.45) is 0.535. The maximum Gasteiger partial charge on any atom is 0.333 e. The molecular weight excluding hydrogens is 156 g/mol. The minimum absolute atomic E-state index is 0.00746. The smallest absolute Gasteiger partial charge is 0.333 e. The molecule has 0 aromatic carbocycles. The lowest BCUT2D eigenvalue weighted by molar-refractivity contribution is -0.139. The molecular formula is C9H14O3. The molecule has 0 fully saturated rings. The highest BCUT2D eigenvalue weighted by atomic mass is 16.5. The van der Waals surface area contributed by atoms with E-state index in [-0.39, 0.29) is 17.8 Å². The van der Waals surface area contributed by atoms with Gasteiger partial charge in [0, 0.05) is 18.4 Å². The molecule has 0 aromatic heterocycles. The number of ketones is 1. The van der Waals surface area contributed by atoms with Crippen LogP contribution in [0, 0.1) is 0 Å². The number of carbonyl (C=O) groups is 2. The van der Waals surface area contributed by atoms with E-state index in [1.807, 2.05) is 0 Å². The first-order chi connectivity index (χ1) is 5.61. The number of rotatable bonds is 5. The molecule has 0 aliphatic carbocycles. The van der Waals surface area contributed by atoms with Crippen molar-refractivity contribution in [3.8, 4) is 0 Å². The molecule has 0 amide bonds. The van der Waals surface area contributed by atoms with Crippen LogP contribution in [0.25, 0.3) is 0 Å². The molecule has 0 N–H and O–H groups in total. The quantitative estimate of drug-likeness (QED) is 0.463. The van der Waals surface area contributed by atoms with Gasteiger partial charge in [0.05, 0.1) is 6.61 Å². The third kappa shape index (κ3) is 3.91. The summed E-state index contributed by atoms with van der Waals surface area (Å²) in [5.74, 6) is -0.465. The zero-order valence-electron chi connectivity index (χ0n) is 7.55. The average molecular weight is 170 g/mol. The zero-order chi connectivity index (χ0) is 9.56. The molecule has 68 valence electrons. The molecule has 0 heterocycles. The first-order valence-electron chi connectivity index (χ1n) is 3.98. The lowest BCUT2D eigenvalue weighted by atomic mass is 10.1. The molecule has 0 saturated heterocycles. The first-order valence-corrected chi connectivity index (χ1v) is 3.98. The van der Waals surface area contributed by atoms with Gasteiger partial charge in [0.2, 0.25) is 0 Å². The molecule has 12 heavy (non-hydrogen) atoms. The molecule has 3 heteroatoms. The maximum absolute atomic E-state index is 10.9. The van der Waals surface area contributed by atoms with Crippen LogP contribution in [0.15, 0.2) is 12.2 Å². The Morgan fingerprint density at radius 1 is 1.33 bits per heavy atom. The van der Waals surface area contributed by atoms with Crippen molar-refractivity contribution in [3.63, 3.8) is 0 Å². The number of ether oxygens (including phenoxy) is 1. The van der Waals surface area contributed by atoms with Gasteiger partial charge in [-0.25, -0.2) is 4.79 Å². The summed E-state index contributed by atoms with van der Waals surface area (Å²) >= 11 is 0. The Labute approximate surface area is 72.4 Å². The van der Waals surface area contributed by atoms with Gasteiger partial charge in [-0.3, -0.25) is 4.79 Å². The van der Waals surface area contributed by atoms with Crippen LogP contribution in [0.1, 0.15) is 26.7 Å². The summed E-state index contributed by atoms with van der Waals surface area (Å²) in [5.41, 5.74) is 0.240. The van der Waals surface area contributed by atoms with Crippen LogP contribution >= 0.6 is 0 Å². The van der Waals surface area contributed by atoms with Crippen molar-refractivity contribution >= 4 is 11.8 Å². The van der Waals surface area contributed by atoms with E-state index in [0.29, 0.717) is 13.0 Å². The van der Waals surface area contributed by atoms with E-state index >= 15 is 0 Å². The van der Waals surface area contributed by atoms with Crippen LogP contribution in [0.4, 0.5) is 0 Å². The molecule has 0 unspecified atom stereocenters. The molecule has 3 nitrogen and oxygen atoms in total. The van der Waals surface area contributed by atoms with E-state index in [9.17, 15) is 9.59 Å². The number of Topliss-reactive ketones (excluding diaryl/α,β-unsaturated/α-hetero) is 1. The van der Waals surface area contributed by atoms with Gasteiger partial charge in [-0.05, 0) is 6.92 Å². The average Bonchev–Trinajstić information content (AvgIpc) is 2.04. The van der Waals surface area contributed by atoms with E-state index in [1.165, 1.54) is 0 Å². The van der Waals surface area contributed by atoms with Crippen molar-refractivity contribution in [3.05, 3.63) is 12.2 Å². The molecule has 0 aromatic rings. The molecule has 0 aliphatic heterocycles. The van der Waals surface area contributed by atoms with Gasteiger partial charge in [0.25, 0.3) is 0 Å². The number of esters is 1. The van der Waals surface area contributed by atoms with Crippen LogP contribution < -0.4 is 0 Å². The summed E-state index contributed by atoms with van der Waals surface area (Å²) in [5, 5.41) is 0. The monoisotopic (exact) mass is 170 g/mol. The van der Waals surface area contributed by atoms with E-state index in [4.69, 9.17) is 0 Å². The highest BCUT2D eigenvalue weighted by Crippen LogP contribution is 2.03. The minimum Gasteiger partial charge on any atom is -0.463 e. The summed E-state index contributed by atoms with van der Waals surface area (Å²) < 4.78 is 4.66. The van der Waals surface area contributed by atoms with Gasteiger partial charge in [-0.2, -0.15) is 0 Å². The van der Waals surface area contributed by atoms with Crippen LogP contribution in [-0.4, -0.2) is 18.4 Å². The highest BCUT2D eigenvalue weighted by Gasteiger charge is 2.10. The predicted molar refractivity (Wildman–Crippen MR) is 45.7 cm³/mol. The lowest BCUT2D eigenvalue weighted by Gasteiger charge is -2.02. The van der Waals surface area contributed by atoms with Crippen molar-refractivity contribution in [2.75, 3.05) is 6.61 Å². The molecule has 0 saturated carbocycles. The van der Waals surface area contributed by atoms with Gasteiger partial charge in [0.15, 0.2) is 0 Å². The Kier molecular flexibility index (Phi) is 5.00. The van der Waals surface area contributed by atoms with E-state index < -0.39 is 5.97 Å². The summed E-state index contributed by atoms with van der Waals surface area (Å²) in [4.78, 5) is 21.8. The van der Waals surface area contributed by atoms with Crippen molar-refractivity contribution < 1.29 is 14.3 Å². The molecule has 0 radical (unpaired) electrons. The fourth-order valence-electron chi connectivity index (χ4n) is 0.668. The van der Waals surface area contributed by atoms with Crippen molar-refractivity contribution in [2.24, 2.45) is 0 Å². The van der Waals surface area contributed by atoms with Crippen molar-refractivity contribution in [1.29, 1.82) is 0 Å². The van der Waals surface area contributed by atoms with Gasteiger partial charge in [0.1, 0.15) is 5.78 Å². The second-order valence-electron chi connectivity index (χ2n) is 2.39. The standard InChI is InChI=1S/C9H14O3/c1-4-8(10)6-7(3)9(11)12-5-2/h3-6H2,1-2H3. The van der Waals surface area contributed by atoms with E-state index in [2.05, 4.69) is 11.3 Å². The predicted octanol–water partition coefficient (Wildman–Crippen LogP) is 1.47. The fraction of sp³-hybridized carbons (Fsp3) is 0.556. The fourth-order valence-corrected chi connectivity index (χ4v) is 0.668. The Bertz CT molecular complexity index is 194. The van der Waals surface area contributed by atoms with Crippen molar-refractivity contribution in [1.82, 2.24) is 0 Å². The number of hydrogen-bond donors (Lipinski definition) is 0. The molecule has 0 aliphatic rings. The van der Waals surface area contributed by atoms with Gasteiger partial charge in [-0.1, -0.05) is 13.5 Å². The Balaban J connectivity index is 3.87. The Morgan fingerprint density at radius 3 is 2.33 bits per heavy atom. The zero-order valence-corrected chi connectivity index (χ0v) is 7.55. The second-order valence-corrected chi connectivity index (χ2v) is 2.39. The van der Waals surface area contributed by atoms with Crippen LogP contribution in [-0.2, 0) is 14.3 Å². The highest BCUT2D eigenvalue weighted by molar-refractivity contribution is 5.95.